The number of nitrogens with one attached hydrogen (secondary N) is 2. The lowest BCUT2D eigenvalue weighted by Gasteiger charge is -2.26. The standard InChI is InChI=1S/C16H28N4OS/c1-11-14(12(2)19-18-11)13-7-6-9-20(13)15(21)17-8-10-22-16(3,4)5/h13H,6-10H2,1-5H3,(H,17,21)(H,18,19)/t13-/m1/s1. The minimum Gasteiger partial charge on any atom is -0.337 e. The Morgan fingerprint density at radius 3 is 2.77 bits per heavy atom. The summed E-state index contributed by atoms with van der Waals surface area (Å²) >= 11 is 1.87. The molecule has 2 amide bonds. The number of aryl methyl sites for hydroxylation is 2. The molecule has 2 N–H and O–H groups in total. The number of H-pyrrole nitrogens is 1. The number of thioether (sulfide) groups is 1. The molecule has 2 heterocycles. The minimum atomic E-state index is 0.0528. The molecule has 5 nitrogen and oxygen atoms in total. The summed E-state index contributed by atoms with van der Waals surface area (Å²) in [6, 6.07) is 0.214. The Labute approximate surface area is 137 Å². The van der Waals surface area contributed by atoms with Crippen LogP contribution in [0.1, 0.15) is 56.6 Å². The Kier molecular flexibility index (Phi) is 5.42. The van der Waals surface area contributed by atoms with E-state index in [-0.39, 0.29) is 16.8 Å². The van der Waals surface area contributed by atoms with Crippen molar-refractivity contribution >= 4 is 17.8 Å². The Bertz CT molecular complexity index is 501. The highest BCUT2D eigenvalue weighted by atomic mass is 32.2. The number of hydrogen-bond donors (Lipinski definition) is 2. The summed E-state index contributed by atoms with van der Waals surface area (Å²) < 4.78 is 0.242. The van der Waals surface area contributed by atoms with Crippen LogP contribution in [-0.4, -0.2) is 44.7 Å². The fourth-order valence-corrected chi connectivity index (χ4v) is 3.79. The van der Waals surface area contributed by atoms with Crippen molar-refractivity contribution in [1.29, 1.82) is 0 Å². The monoisotopic (exact) mass is 324 g/mol. The predicted octanol–water partition coefficient (Wildman–Crippen LogP) is 3.40. The minimum absolute atomic E-state index is 0.0528. The first-order valence-corrected chi connectivity index (χ1v) is 8.98. The van der Waals surface area contributed by atoms with Crippen LogP contribution in [0.15, 0.2) is 0 Å². The third-order valence-corrected chi connectivity index (χ3v) is 5.22. The van der Waals surface area contributed by atoms with Crippen LogP contribution in [0.3, 0.4) is 0 Å². The maximum absolute atomic E-state index is 12.5. The van der Waals surface area contributed by atoms with E-state index in [0.29, 0.717) is 6.54 Å². The smallest absolute Gasteiger partial charge is 0.317 e. The molecule has 1 atom stereocenters. The molecule has 1 aliphatic heterocycles. The maximum atomic E-state index is 12.5. The van der Waals surface area contributed by atoms with Crippen molar-refractivity contribution in [2.24, 2.45) is 0 Å². The molecule has 0 saturated carbocycles. The molecule has 0 bridgehead atoms. The fraction of sp³-hybridized carbons (Fsp3) is 0.750. The number of carbonyl (C=O) groups excluding carboxylic acids is 1. The fourth-order valence-electron chi connectivity index (χ4n) is 2.98. The highest BCUT2D eigenvalue weighted by Gasteiger charge is 2.32. The summed E-state index contributed by atoms with van der Waals surface area (Å²) in [6.45, 7) is 12.2. The van der Waals surface area contributed by atoms with Crippen molar-refractivity contribution in [3.63, 3.8) is 0 Å². The van der Waals surface area contributed by atoms with Gasteiger partial charge in [0, 0.05) is 34.8 Å². The highest BCUT2D eigenvalue weighted by Crippen LogP contribution is 2.34. The van der Waals surface area contributed by atoms with Crippen LogP contribution in [0.2, 0.25) is 0 Å². The number of amides is 2. The van der Waals surface area contributed by atoms with Crippen LogP contribution in [-0.2, 0) is 0 Å². The zero-order valence-electron chi connectivity index (χ0n) is 14.3. The van der Waals surface area contributed by atoms with Gasteiger partial charge >= 0.3 is 6.03 Å². The summed E-state index contributed by atoms with van der Waals surface area (Å²) in [5, 5.41) is 10.4. The number of aromatic amines is 1. The number of carbonyl (C=O) groups is 1. The summed E-state index contributed by atoms with van der Waals surface area (Å²) in [6.07, 6.45) is 2.07. The van der Waals surface area contributed by atoms with E-state index in [1.54, 1.807) is 0 Å². The van der Waals surface area contributed by atoms with Gasteiger partial charge < -0.3 is 10.2 Å². The van der Waals surface area contributed by atoms with Gasteiger partial charge in [0.15, 0.2) is 0 Å². The average Bonchev–Trinajstić information content (AvgIpc) is 3.00. The molecule has 124 valence electrons. The largest absolute Gasteiger partial charge is 0.337 e. The number of hydrogen-bond acceptors (Lipinski definition) is 3. The average molecular weight is 324 g/mol. The van der Waals surface area contributed by atoms with Crippen molar-refractivity contribution in [2.75, 3.05) is 18.8 Å². The quantitative estimate of drug-likeness (QED) is 0.834. The number of urea groups is 1. The van der Waals surface area contributed by atoms with E-state index in [9.17, 15) is 4.79 Å². The highest BCUT2D eigenvalue weighted by molar-refractivity contribution is 8.00. The topological polar surface area (TPSA) is 61.0 Å². The molecule has 1 aromatic rings. The van der Waals surface area contributed by atoms with Crippen molar-refractivity contribution in [3.8, 4) is 0 Å². The van der Waals surface area contributed by atoms with Gasteiger partial charge in [-0.05, 0) is 26.7 Å². The van der Waals surface area contributed by atoms with E-state index in [1.165, 1.54) is 5.56 Å². The van der Waals surface area contributed by atoms with E-state index < -0.39 is 0 Å². The first-order chi connectivity index (χ1) is 10.3. The molecule has 0 radical (unpaired) electrons. The molecule has 0 spiro atoms. The van der Waals surface area contributed by atoms with Gasteiger partial charge in [0.1, 0.15) is 0 Å². The molecular formula is C16H28N4OS. The van der Waals surface area contributed by atoms with Crippen molar-refractivity contribution in [2.45, 2.75) is 58.2 Å². The number of likely N-dealkylation sites (tertiary alicyclic amines) is 1. The summed E-state index contributed by atoms with van der Waals surface area (Å²) in [4.78, 5) is 14.4. The third-order valence-electron chi connectivity index (χ3n) is 3.95. The number of aromatic nitrogens is 2. The summed E-state index contributed by atoms with van der Waals surface area (Å²) in [7, 11) is 0. The molecule has 0 unspecified atom stereocenters. The molecule has 0 aromatic carbocycles. The van der Waals surface area contributed by atoms with E-state index in [1.807, 2.05) is 30.5 Å². The second kappa shape index (κ2) is 6.94. The Balaban J connectivity index is 1.92. The summed E-state index contributed by atoms with van der Waals surface area (Å²) in [5.41, 5.74) is 3.27. The third kappa shape index (κ3) is 4.18. The van der Waals surface area contributed by atoms with Crippen LogP contribution in [0, 0.1) is 13.8 Å². The van der Waals surface area contributed by atoms with Gasteiger partial charge in [0.25, 0.3) is 0 Å². The van der Waals surface area contributed by atoms with Crippen molar-refractivity contribution in [3.05, 3.63) is 17.0 Å². The van der Waals surface area contributed by atoms with Crippen LogP contribution < -0.4 is 5.32 Å². The molecule has 22 heavy (non-hydrogen) atoms. The Morgan fingerprint density at radius 1 is 1.45 bits per heavy atom. The first kappa shape index (κ1) is 17.2. The van der Waals surface area contributed by atoms with E-state index >= 15 is 0 Å². The first-order valence-electron chi connectivity index (χ1n) is 7.99. The van der Waals surface area contributed by atoms with Crippen molar-refractivity contribution in [1.82, 2.24) is 20.4 Å². The lowest BCUT2D eigenvalue weighted by Crippen LogP contribution is -2.40. The molecule has 1 saturated heterocycles. The van der Waals surface area contributed by atoms with Crippen LogP contribution in [0.5, 0.6) is 0 Å². The zero-order chi connectivity index (χ0) is 16.3. The second-order valence-electron chi connectivity index (χ2n) is 6.89. The molecule has 0 aliphatic carbocycles. The van der Waals surface area contributed by atoms with Crippen LogP contribution in [0.25, 0.3) is 0 Å². The second-order valence-corrected chi connectivity index (χ2v) is 8.81. The van der Waals surface area contributed by atoms with Gasteiger partial charge in [-0.2, -0.15) is 16.9 Å². The summed E-state index contributed by atoms with van der Waals surface area (Å²) in [5.74, 6) is 0.942. The van der Waals surface area contributed by atoms with Gasteiger partial charge in [0.05, 0.1) is 11.7 Å². The van der Waals surface area contributed by atoms with Crippen LogP contribution >= 0.6 is 11.8 Å². The molecule has 1 aromatic heterocycles. The van der Waals surface area contributed by atoms with Crippen molar-refractivity contribution < 1.29 is 4.79 Å². The van der Waals surface area contributed by atoms with Gasteiger partial charge in [-0.3, -0.25) is 5.10 Å². The van der Waals surface area contributed by atoms with Gasteiger partial charge in [-0.15, -0.1) is 0 Å². The molecule has 6 heteroatoms. The number of rotatable bonds is 4. The Hall–Kier alpha value is -1.17. The molecule has 2 rings (SSSR count). The van der Waals surface area contributed by atoms with Gasteiger partial charge in [-0.1, -0.05) is 20.8 Å². The maximum Gasteiger partial charge on any atom is 0.317 e. The zero-order valence-corrected chi connectivity index (χ0v) is 15.1. The molecular weight excluding hydrogens is 296 g/mol. The lowest BCUT2D eigenvalue weighted by molar-refractivity contribution is 0.193. The normalized spacial score (nSPS) is 18.8. The number of nitrogens with zero attached hydrogens (tertiary/aromatic N) is 2. The lowest BCUT2D eigenvalue weighted by atomic mass is 10.0. The van der Waals surface area contributed by atoms with Gasteiger partial charge in [-0.25, -0.2) is 4.79 Å². The van der Waals surface area contributed by atoms with E-state index in [2.05, 4.69) is 36.3 Å². The predicted molar refractivity (Wildman–Crippen MR) is 92.4 cm³/mol. The molecule has 1 fully saturated rings. The van der Waals surface area contributed by atoms with E-state index in [4.69, 9.17) is 0 Å². The van der Waals surface area contributed by atoms with Gasteiger partial charge in [0.2, 0.25) is 0 Å². The SMILES string of the molecule is Cc1n[nH]c(C)c1[C@H]1CCCN1C(=O)NCCSC(C)(C)C. The van der Waals surface area contributed by atoms with Crippen LogP contribution in [0.4, 0.5) is 4.79 Å². The van der Waals surface area contributed by atoms with E-state index in [0.717, 1.165) is 36.5 Å². The molecule has 1 aliphatic rings. The Morgan fingerprint density at radius 2 is 2.18 bits per heavy atom.